The average molecular weight is 476 g/mol. The van der Waals surface area contributed by atoms with Crippen molar-refractivity contribution in [1.82, 2.24) is 15.1 Å². The maximum atomic E-state index is 12.6. The molecule has 1 aliphatic heterocycles. The molecule has 0 spiro atoms. The maximum Gasteiger partial charge on any atom is 0.251 e. The van der Waals surface area contributed by atoms with Gasteiger partial charge in [0.25, 0.3) is 5.91 Å². The Hall–Kier alpha value is -2.97. The summed E-state index contributed by atoms with van der Waals surface area (Å²) in [5.41, 5.74) is 1.52. The van der Waals surface area contributed by atoms with Crippen LogP contribution in [0.5, 0.6) is 17.2 Å². The van der Waals surface area contributed by atoms with E-state index in [0.29, 0.717) is 54.0 Å². The van der Waals surface area contributed by atoms with E-state index in [9.17, 15) is 9.59 Å². The first-order valence-electron chi connectivity index (χ1n) is 10.8. The Morgan fingerprint density at radius 3 is 2.18 bits per heavy atom. The van der Waals surface area contributed by atoms with Crippen LogP contribution >= 0.6 is 11.6 Å². The Morgan fingerprint density at radius 2 is 1.58 bits per heavy atom. The summed E-state index contributed by atoms with van der Waals surface area (Å²) < 4.78 is 16.4. The number of ether oxygens (including phenoxy) is 3. The number of halogens is 1. The Balaban J connectivity index is 1.46. The number of benzene rings is 2. The second-order valence-corrected chi connectivity index (χ2v) is 8.10. The van der Waals surface area contributed by atoms with Crippen LogP contribution in [-0.2, 0) is 11.3 Å². The van der Waals surface area contributed by atoms with Gasteiger partial charge in [0.1, 0.15) is 0 Å². The quantitative estimate of drug-likeness (QED) is 0.600. The van der Waals surface area contributed by atoms with Gasteiger partial charge in [-0.1, -0.05) is 17.7 Å². The molecule has 178 valence electrons. The summed E-state index contributed by atoms with van der Waals surface area (Å²) in [5.74, 6) is 1.68. The number of methoxy groups -OCH3 is 3. The third kappa shape index (κ3) is 6.30. The zero-order chi connectivity index (χ0) is 23.8. The number of carbonyl (C=O) groups is 2. The van der Waals surface area contributed by atoms with Gasteiger partial charge in [-0.05, 0) is 30.3 Å². The summed E-state index contributed by atoms with van der Waals surface area (Å²) in [6.07, 6.45) is 0.267. The lowest BCUT2D eigenvalue weighted by molar-refractivity contribution is -0.132. The minimum atomic E-state index is -0.215. The first kappa shape index (κ1) is 24.7. The molecule has 2 amide bonds. The van der Waals surface area contributed by atoms with Gasteiger partial charge in [0.2, 0.25) is 11.7 Å². The second kappa shape index (κ2) is 11.8. The van der Waals surface area contributed by atoms with E-state index in [1.807, 2.05) is 17.0 Å². The van der Waals surface area contributed by atoms with Crippen molar-refractivity contribution in [2.45, 2.75) is 13.0 Å². The van der Waals surface area contributed by atoms with Crippen molar-refractivity contribution in [1.29, 1.82) is 0 Å². The fourth-order valence-corrected chi connectivity index (χ4v) is 3.95. The number of nitrogens with one attached hydrogen (secondary N) is 1. The van der Waals surface area contributed by atoms with Crippen molar-refractivity contribution in [3.8, 4) is 17.2 Å². The topological polar surface area (TPSA) is 80.3 Å². The predicted molar refractivity (Wildman–Crippen MR) is 126 cm³/mol. The van der Waals surface area contributed by atoms with Gasteiger partial charge in [-0.25, -0.2) is 0 Å². The minimum Gasteiger partial charge on any atom is -0.493 e. The highest BCUT2D eigenvalue weighted by atomic mass is 35.5. The van der Waals surface area contributed by atoms with Crippen LogP contribution in [0.3, 0.4) is 0 Å². The third-order valence-corrected chi connectivity index (χ3v) is 5.89. The van der Waals surface area contributed by atoms with Gasteiger partial charge in [-0.2, -0.15) is 0 Å². The van der Waals surface area contributed by atoms with Crippen molar-refractivity contribution < 1.29 is 23.8 Å². The Morgan fingerprint density at radius 1 is 0.909 bits per heavy atom. The molecule has 0 unspecified atom stereocenters. The molecule has 1 N–H and O–H groups in total. The van der Waals surface area contributed by atoms with Crippen molar-refractivity contribution in [2.24, 2.45) is 0 Å². The average Bonchev–Trinajstić information content (AvgIpc) is 2.84. The lowest BCUT2D eigenvalue weighted by Crippen LogP contribution is -2.48. The van der Waals surface area contributed by atoms with Crippen LogP contribution in [0.1, 0.15) is 22.3 Å². The third-order valence-electron chi connectivity index (χ3n) is 5.64. The first-order valence-corrected chi connectivity index (χ1v) is 11.2. The van der Waals surface area contributed by atoms with E-state index >= 15 is 0 Å². The van der Waals surface area contributed by atoms with Crippen LogP contribution in [0.15, 0.2) is 36.4 Å². The number of amides is 2. The van der Waals surface area contributed by atoms with Crippen LogP contribution in [0.4, 0.5) is 0 Å². The van der Waals surface area contributed by atoms with Gasteiger partial charge in [-0.3, -0.25) is 14.5 Å². The largest absolute Gasteiger partial charge is 0.493 e. The molecular weight excluding hydrogens is 446 g/mol. The highest BCUT2D eigenvalue weighted by Gasteiger charge is 2.23. The molecule has 0 aliphatic carbocycles. The van der Waals surface area contributed by atoms with Gasteiger partial charge < -0.3 is 24.4 Å². The predicted octanol–water partition coefficient (Wildman–Crippen LogP) is 2.83. The molecule has 1 aliphatic rings. The van der Waals surface area contributed by atoms with E-state index in [4.69, 9.17) is 25.8 Å². The summed E-state index contributed by atoms with van der Waals surface area (Å²) in [6.45, 7) is 3.76. The molecule has 1 fully saturated rings. The molecule has 3 rings (SSSR count). The Bertz CT molecular complexity index is 959. The van der Waals surface area contributed by atoms with E-state index < -0.39 is 0 Å². The van der Waals surface area contributed by atoms with Crippen LogP contribution in [0.25, 0.3) is 0 Å². The van der Waals surface area contributed by atoms with E-state index in [-0.39, 0.29) is 18.2 Å². The minimum absolute atomic E-state index is 0.0368. The molecule has 2 aromatic rings. The zero-order valence-corrected chi connectivity index (χ0v) is 20.0. The molecule has 2 aromatic carbocycles. The molecule has 1 saturated heterocycles. The molecule has 1 heterocycles. The van der Waals surface area contributed by atoms with Crippen LogP contribution in [0, 0.1) is 0 Å². The number of piperazine rings is 1. The van der Waals surface area contributed by atoms with Gasteiger partial charge >= 0.3 is 0 Å². The van der Waals surface area contributed by atoms with E-state index in [2.05, 4.69) is 10.2 Å². The van der Waals surface area contributed by atoms with E-state index in [1.165, 1.54) is 0 Å². The molecule has 8 nitrogen and oxygen atoms in total. The lowest BCUT2D eigenvalue weighted by Gasteiger charge is -2.35. The molecular formula is C24H30ClN3O5. The Kier molecular flexibility index (Phi) is 8.79. The SMILES string of the molecule is COc1ccc(CN2CCN(C(=O)CCNC(=O)c3ccc(Cl)cc3)CC2)c(OC)c1OC. The highest BCUT2D eigenvalue weighted by molar-refractivity contribution is 6.30. The molecule has 0 atom stereocenters. The fraction of sp³-hybridized carbons (Fsp3) is 0.417. The lowest BCUT2D eigenvalue weighted by atomic mass is 10.1. The maximum absolute atomic E-state index is 12.6. The van der Waals surface area contributed by atoms with Gasteiger partial charge in [-0.15, -0.1) is 0 Å². The summed E-state index contributed by atoms with van der Waals surface area (Å²) in [6, 6.07) is 10.5. The van der Waals surface area contributed by atoms with Gasteiger partial charge in [0, 0.05) is 61.8 Å². The molecule has 0 aromatic heterocycles. The molecule has 0 bridgehead atoms. The van der Waals surface area contributed by atoms with Crippen molar-refractivity contribution >= 4 is 23.4 Å². The van der Waals surface area contributed by atoms with E-state index in [1.54, 1.807) is 45.6 Å². The molecule has 0 radical (unpaired) electrons. The highest BCUT2D eigenvalue weighted by Crippen LogP contribution is 2.40. The molecule has 9 heteroatoms. The number of rotatable bonds is 9. The van der Waals surface area contributed by atoms with Crippen molar-refractivity contribution in [2.75, 3.05) is 54.1 Å². The summed E-state index contributed by atoms with van der Waals surface area (Å²) in [4.78, 5) is 28.8. The molecule has 0 saturated carbocycles. The summed E-state index contributed by atoms with van der Waals surface area (Å²) in [7, 11) is 4.80. The van der Waals surface area contributed by atoms with E-state index in [0.717, 1.165) is 18.7 Å². The number of carbonyl (C=O) groups excluding carboxylic acids is 2. The first-order chi connectivity index (χ1) is 16.0. The van der Waals surface area contributed by atoms with Crippen LogP contribution in [-0.4, -0.2) is 75.7 Å². The Labute approximate surface area is 199 Å². The normalized spacial score (nSPS) is 14.0. The van der Waals surface area contributed by atoms with Crippen LogP contribution in [0.2, 0.25) is 5.02 Å². The van der Waals surface area contributed by atoms with Crippen molar-refractivity contribution in [3.05, 3.63) is 52.5 Å². The summed E-state index contributed by atoms with van der Waals surface area (Å²) in [5, 5.41) is 3.36. The van der Waals surface area contributed by atoms with Gasteiger partial charge in [0.05, 0.1) is 21.3 Å². The number of nitrogens with zero attached hydrogens (tertiary/aromatic N) is 2. The second-order valence-electron chi connectivity index (χ2n) is 7.66. The monoisotopic (exact) mass is 475 g/mol. The fourth-order valence-electron chi connectivity index (χ4n) is 3.83. The molecule has 33 heavy (non-hydrogen) atoms. The smallest absolute Gasteiger partial charge is 0.251 e. The van der Waals surface area contributed by atoms with Crippen molar-refractivity contribution in [3.63, 3.8) is 0 Å². The standard InChI is InChI=1S/C24H30ClN3O5/c1-31-20-9-6-18(22(32-2)23(20)33-3)16-27-12-14-28(15-13-27)21(29)10-11-26-24(30)17-4-7-19(25)8-5-17/h4-9H,10-16H2,1-3H3,(H,26,30). The van der Waals surface area contributed by atoms with Gasteiger partial charge in [0.15, 0.2) is 11.5 Å². The summed E-state index contributed by atoms with van der Waals surface area (Å²) >= 11 is 5.84. The van der Waals surface area contributed by atoms with Crippen LogP contribution < -0.4 is 19.5 Å². The zero-order valence-electron chi connectivity index (χ0n) is 19.2. The number of hydrogen-bond acceptors (Lipinski definition) is 6. The number of hydrogen-bond donors (Lipinski definition) is 1.